The fraction of sp³-hybridized carbons (Fsp3) is 0.292. The molecule has 180 valence electrons. The monoisotopic (exact) mass is 474 g/mol. The molecule has 4 heterocycles. The zero-order valence-corrected chi connectivity index (χ0v) is 19.6. The first-order valence-corrected chi connectivity index (χ1v) is 11.3. The van der Waals surface area contributed by atoms with Crippen molar-refractivity contribution in [3.05, 3.63) is 78.3 Å². The summed E-state index contributed by atoms with van der Waals surface area (Å²) < 4.78 is 15.0. The number of nitrogens with two attached hydrogens (primary N) is 1. The van der Waals surface area contributed by atoms with Crippen LogP contribution in [-0.2, 0) is 12.6 Å². The highest BCUT2D eigenvalue weighted by atomic mass is 19.1. The third-order valence-corrected chi connectivity index (χ3v) is 6.15. The first-order valence-electron chi connectivity index (χ1n) is 11.3. The predicted molar refractivity (Wildman–Crippen MR) is 132 cm³/mol. The number of anilines is 4. The van der Waals surface area contributed by atoms with Crippen LogP contribution in [0.5, 0.6) is 0 Å². The maximum Gasteiger partial charge on any atom is 0.227 e. The van der Waals surface area contributed by atoms with Gasteiger partial charge >= 0.3 is 0 Å². The molecule has 0 bridgehead atoms. The minimum atomic E-state index is -0.822. The summed E-state index contributed by atoms with van der Waals surface area (Å²) in [6.45, 7) is 4.83. The van der Waals surface area contributed by atoms with Crippen LogP contribution in [0.15, 0.2) is 61.3 Å². The van der Waals surface area contributed by atoms with Crippen molar-refractivity contribution in [1.82, 2.24) is 29.7 Å². The fourth-order valence-electron chi connectivity index (χ4n) is 4.03. The number of aromatic nitrogens is 6. The van der Waals surface area contributed by atoms with Gasteiger partial charge in [-0.15, -0.1) is 0 Å². The van der Waals surface area contributed by atoms with Gasteiger partial charge in [0.05, 0.1) is 17.4 Å². The van der Waals surface area contributed by atoms with Crippen LogP contribution in [0.4, 0.5) is 27.8 Å². The number of nitrogens with one attached hydrogen (secondary N) is 1. The van der Waals surface area contributed by atoms with Crippen molar-refractivity contribution in [1.29, 1.82) is 0 Å². The van der Waals surface area contributed by atoms with Crippen LogP contribution in [0.25, 0.3) is 0 Å². The standard InChI is InChI=1S/C24H27FN10/c1-24(26,17-3-5-19(25)6-4-17)18-13-28-22(29-14-18)34-9-11-35(12-10-34)23-27-8-7-21(32-23)31-20-15-30-33(2)16-20/h3-8,13-16H,9-12,26H2,1-2H3,(H,27,31,32)/t24-/m0/s1. The van der Waals surface area contributed by atoms with E-state index < -0.39 is 5.54 Å². The van der Waals surface area contributed by atoms with Crippen LogP contribution in [0, 0.1) is 5.82 Å². The van der Waals surface area contributed by atoms with Crippen LogP contribution in [0.3, 0.4) is 0 Å². The van der Waals surface area contributed by atoms with Crippen LogP contribution >= 0.6 is 0 Å². The van der Waals surface area contributed by atoms with E-state index in [2.05, 4.69) is 40.2 Å². The topological polar surface area (TPSA) is 114 Å². The van der Waals surface area contributed by atoms with Crippen molar-refractivity contribution >= 4 is 23.4 Å². The summed E-state index contributed by atoms with van der Waals surface area (Å²) in [4.78, 5) is 22.5. The van der Waals surface area contributed by atoms with E-state index >= 15 is 0 Å². The maximum absolute atomic E-state index is 13.3. The molecule has 0 spiro atoms. The van der Waals surface area contributed by atoms with E-state index in [1.54, 1.807) is 41.6 Å². The van der Waals surface area contributed by atoms with Crippen LogP contribution in [-0.4, -0.2) is 55.9 Å². The second kappa shape index (κ2) is 9.26. The molecule has 3 N–H and O–H groups in total. The second-order valence-electron chi connectivity index (χ2n) is 8.72. The van der Waals surface area contributed by atoms with Gasteiger partial charge in [0.15, 0.2) is 0 Å². The molecule has 0 unspecified atom stereocenters. The smallest absolute Gasteiger partial charge is 0.227 e. The van der Waals surface area contributed by atoms with Gasteiger partial charge in [-0.05, 0) is 30.7 Å². The molecule has 35 heavy (non-hydrogen) atoms. The summed E-state index contributed by atoms with van der Waals surface area (Å²) in [5, 5.41) is 7.41. The number of rotatable bonds is 6. The molecule has 0 radical (unpaired) electrons. The first kappa shape index (κ1) is 22.7. The van der Waals surface area contributed by atoms with Crippen molar-refractivity contribution in [3.63, 3.8) is 0 Å². The number of benzene rings is 1. The van der Waals surface area contributed by atoms with Crippen molar-refractivity contribution in [2.75, 3.05) is 41.3 Å². The molecule has 1 fully saturated rings. The Labute approximate surface area is 202 Å². The van der Waals surface area contributed by atoms with E-state index in [0.717, 1.165) is 48.8 Å². The van der Waals surface area contributed by atoms with Crippen molar-refractivity contribution in [2.45, 2.75) is 12.5 Å². The number of piperazine rings is 1. The van der Waals surface area contributed by atoms with Gasteiger partial charge < -0.3 is 20.9 Å². The summed E-state index contributed by atoms with van der Waals surface area (Å²) in [6, 6.07) is 8.02. The Morgan fingerprint density at radius 1 is 0.886 bits per heavy atom. The lowest BCUT2D eigenvalue weighted by molar-refractivity contribution is 0.585. The molecule has 1 aliphatic heterocycles. The Morgan fingerprint density at radius 3 is 2.17 bits per heavy atom. The number of nitrogens with zero attached hydrogens (tertiary/aromatic N) is 8. The van der Waals surface area contributed by atoms with E-state index in [4.69, 9.17) is 5.73 Å². The quantitative estimate of drug-likeness (QED) is 0.435. The molecule has 1 aromatic carbocycles. The molecule has 0 amide bonds. The van der Waals surface area contributed by atoms with Gasteiger partial charge in [0.1, 0.15) is 11.6 Å². The van der Waals surface area contributed by atoms with Gasteiger partial charge in [-0.25, -0.2) is 19.3 Å². The lowest BCUT2D eigenvalue weighted by Gasteiger charge is -2.35. The molecule has 1 atom stereocenters. The molecule has 5 rings (SSSR count). The lowest BCUT2D eigenvalue weighted by atomic mass is 9.87. The zero-order chi connectivity index (χ0) is 24.4. The zero-order valence-electron chi connectivity index (χ0n) is 19.6. The summed E-state index contributed by atoms with van der Waals surface area (Å²) in [6.07, 6.45) is 8.88. The van der Waals surface area contributed by atoms with E-state index in [0.29, 0.717) is 11.9 Å². The summed E-state index contributed by atoms with van der Waals surface area (Å²) >= 11 is 0. The van der Waals surface area contributed by atoms with Gasteiger partial charge in [-0.3, -0.25) is 4.68 Å². The van der Waals surface area contributed by atoms with Gasteiger partial charge in [0.2, 0.25) is 11.9 Å². The van der Waals surface area contributed by atoms with E-state index in [1.165, 1.54) is 12.1 Å². The van der Waals surface area contributed by atoms with Crippen molar-refractivity contribution in [3.8, 4) is 0 Å². The summed E-state index contributed by atoms with van der Waals surface area (Å²) in [7, 11) is 1.87. The molecular weight excluding hydrogens is 447 g/mol. The number of aryl methyl sites for hydroxylation is 1. The highest BCUT2D eigenvalue weighted by Gasteiger charge is 2.26. The molecule has 10 nitrogen and oxygen atoms in total. The Bertz CT molecular complexity index is 1280. The molecule has 1 saturated heterocycles. The number of hydrogen-bond donors (Lipinski definition) is 2. The fourth-order valence-corrected chi connectivity index (χ4v) is 4.03. The summed E-state index contributed by atoms with van der Waals surface area (Å²) in [5.74, 6) is 1.75. The Kier molecular flexibility index (Phi) is 6.00. The summed E-state index contributed by atoms with van der Waals surface area (Å²) in [5.41, 5.74) is 8.14. The van der Waals surface area contributed by atoms with E-state index in [-0.39, 0.29) is 5.82 Å². The molecule has 3 aromatic heterocycles. The Hall–Kier alpha value is -4.12. The third-order valence-electron chi connectivity index (χ3n) is 6.15. The second-order valence-corrected chi connectivity index (χ2v) is 8.72. The largest absolute Gasteiger partial charge is 0.338 e. The van der Waals surface area contributed by atoms with Crippen LogP contribution in [0.2, 0.25) is 0 Å². The maximum atomic E-state index is 13.3. The molecule has 0 aliphatic carbocycles. The Balaban J connectivity index is 1.22. The number of halogens is 1. The molecule has 11 heteroatoms. The van der Waals surface area contributed by atoms with Crippen molar-refractivity contribution < 1.29 is 4.39 Å². The van der Waals surface area contributed by atoms with E-state index in [1.807, 2.05) is 26.2 Å². The van der Waals surface area contributed by atoms with Gasteiger partial charge in [-0.1, -0.05) is 12.1 Å². The molecule has 1 aliphatic rings. The minimum Gasteiger partial charge on any atom is -0.338 e. The average molecular weight is 475 g/mol. The van der Waals surface area contributed by atoms with Gasteiger partial charge in [0.25, 0.3) is 0 Å². The molecule has 4 aromatic rings. The minimum absolute atomic E-state index is 0.294. The lowest BCUT2D eigenvalue weighted by Crippen LogP contribution is -2.47. The highest BCUT2D eigenvalue weighted by molar-refractivity contribution is 5.55. The van der Waals surface area contributed by atoms with Gasteiger partial charge in [0, 0.05) is 63.6 Å². The van der Waals surface area contributed by atoms with Crippen LogP contribution in [0.1, 0.15) is 18.1 Å². The SMILES string of the molecule is Cn1cc(Nc2ccnc(N3CCN(c4ncc([C@@](C)(N)c5ccc(F)cc5)cn4)CC3)n2)cn1. The van der Waals surface area contributed by atoms with Crippen molar-refractivity contribution in [2.24, 2.45) is 12.8 Å². The number of hydrogen-bond acceptors (Lipinski definition) is 9. The Morgan fingerprint density at radius 2 is 1.54 bits per heavy atom. The average Bonchev–Trinajstić information content (AvgIpc) is 3.29. The predicted octanol–water partition coefficient (Wildman–Crippen LogP) is 2.43. The van der Waals surface area contributed by atoms with Gasteiger partial charge in [-0.2, -0.15) is 10.1 Å². The first-order chi connectivity index (χ1) is 16.9. The molecule has 0 saturated carbocycles. The normalized spacial score (nSPS) is 15.7. The third kappa shape index (κ3) is 4.90. The van der Waals surface area contributed by atoms with E-state index in [9.17, 15) is 4.39 Å². The highest BCUT2D eigenvalue weighted by Crippen LogP contribution is 2.26. The molecular formula is C24H27FN10. The van der Waals surface area contributed by atoms with Crippen LogP contribution < -0.4 is 20.9 Å².